The number of hydrogen-bond acceptors (Lipinski definition) is 4. The molecule has 2 aromatic rings. The summed E-state index contributed by atoms with van der Waals surface area (Å²) in [5.74, 6) is 0.818. The van der Waals surface area contributed by atoms with Gasteiger partial charge >= 0.3 is 0 Å². The van der Waals surface area contributed by atoms with Crippen molar-refractivity contribution in [3.8, 4) is 5.75 Å². The standard InChI is InChI=1S/C14H15NO3/c1-10(15(16)17)7-11-3-4-13-9-14(18-2)6-5-12(13)8-11/h3-9,16-17H,1-2H3/b10-7+. The van der Waals surface area contributed by atoms with Gasteiger partial charge in [0.1, 0.15) is 5.75 Å². The third-order valence-corrected chi connectivity index (χ3v) is 2.76. The molecule has 0 saturated heterocycles. The predicted molar refractivity (Wildman–Crippen MR) is 69.6 cm³/mol. The molecule has 0 fully saturated rings. The molecular formula is C14H15NO3. The minimum atomic E-state index is 0.109. The molecule has 2 rings (SSSR count). The highest BCUT2D eigenvalue weighted by molar-refractivity contribution is 5.86. The molecule has 0 aliphatic rings. The van der Waals surface area contributed by atoms with Crippen LogP contribution in [0.1, 0.15) is 12.5 Å². The van der Waals surface area contributed by atoms with Gasteiger partial charge in [0.05, 0.1) is 12.8 Å². The number of methoxy groups -OCH3 is 1. The number of ether oxygens (including phenoxy) is 1. The van der Waals surface area contributed by atoms with Gasteiger partial charge < -0.3 is 4.74 Å². The van der Waals surface area contributed by atoms with Crippen LogP contribution in [0.25, 0.3) is 16.8 Å². The van der Waals surface area contributed by atoms with Crippen molar-refractivity contribution in [2.24, 2.45) is 0 Å². The fourth-order valence-electron chi connectivity index (χ4n) is 1.76. The van der Waals surface area contributed by atoms with E-state index in [1.807, 2.05) is 36.4 Å². The molecule has 0 heterocycles. The van der Waals surface area contributed by atoms with Gasteiger partial charge in [-0.15, -0.1) is 5.23 Å². The van der Waals surface area contributed by atoms with E-state index in [-0.39, 0.29) is 5.23 Å². The number of benzene rings is 2. The Morgan fingerprint density at radius 3 is 2.44 bits per heavy atom. The van der Waals surface area contributed by atoms with Crippen LogP contribution in [0.2, 0.25) is 0 Å². The molecule has 2 N–H and O–H groups in total. The summed E-state index contributed by atoms with van der Waals surface area (Å²) < 4.78 is 5.16. The first kappa shape index (κ1) is 12.4. The monoisotopic (exact) mass is 245 g/mol. The van der Waals surface area contributed by atoms with Crippen LogP contribution in [0.5, 0.6) is 5.75 Å². The van der Waals surface area contributed by atoms with Gasteiger partial charge in [-0.05, 0) is 47.5 Å². The molecule has 0 aliphatic carbocycles. The van der Waals surface area contributed by atoms with Crippen LogP contribution < -0.4 is 4.74 Å². The molecule has 18 heavy (non-hydrogen) atoms. The lowest BCUT2D eigenvalue weighted by atomic mass is 10.1. The average molecular weight is 245 g/mol. The zero-order chi connectivity index (χ0) is 13.1. The third kappa shape index (κ3) is 2.61. The summed E-state index contributed by atoms with van der Waals surface area (Å²) in [5, 5.41) is 20.0. The second kappa shape index (κ2) is 5.08. The number of allylic oxidation sites excluding steroid dienone is 1. The highest BCUT2D eigenvalue weighted by Crippen LogP contribution is 2.22. The minimum absolute atomic E-state index is 0.109. The summed E-state index contributed by atoms with van der Waals surface area (Å²) in [6.07, 6.45) is 1.68. The van der Waals surface area contributed by atoms with Crippen LogP contribution in [-0.4, -0.2) is 22.8 Å². The van der Waals surface area contributed by atoms with Crippen molar-refractivity contribution in [2.45, 2.75) is 6.92 Å². The summed E-state index contributed by atoms with van der Waals surface area (Å²) in [6.45, 7) is 1.61. The maximum Gasteiger partial charge on any atom is 0.119 e. The van der Waals surface area contributed by atoms with Crippen LogP contribution in [0, 0.1) is 0 Å². The number of hydroxylamine groups is 2. The van der Waals surface area contributed by atoms with Crippen LogP contribution in [0.4, 0.5) is 0 Å². The number of nitrogens with zero attached hydrogens (tertiary/aromatic N) is 1. The first-order valence-corrected chi connectivity index (χ1v) is 5.54. The molecule has 94 valence electrons. The van der Waals surface area contributed by atoms with Crippen LogP contribution >= 0.6 is 0 Å². The van der Waals surface area contributed by atoms with E-state index >= 15 is 0 Å². The molecule has 0 saturated carbocycles. The van der Waals surface area contributed by atoms with Gasteiger partial charge in [-0.2, -0.15) is 0 Å². The van der Waals surface area contributed by atoms with Crippen LogP contribution in [0.15, 0.2) is 42.1 Å². The summed E-state index contributed by atoms with van der Waals surface area (Å²) in [4.78, 5) is 0. The average Bonchev–Trinajstić information content (AvgIpc) is 2.37. The number of hydrogen-bond donors (Lipinski definition) is 2. The lowest BCUT2D eigenvalue weighted by Gasteiger charge is -2.08. The Hall–Kier alpha value is -2.04. The van der Waals surface area contributed by atoms with E-state index in [4.69, 9.17) is 15.2 Å². The molecule has 0 aromatic heterocycles. The van der Waals surface area contributed by atoms with Crippen molar-refractivity contribution >= 4 is 16.8 Å². The van der Waals surface area contributed by atoms with Gasteiger partial charge in [-0.1, -0.05) is 18.2 Å². The molecule has 0 radical (unpaired) electrons. The lowest BCUT2D eigenvalue weighted by Crippen LogP contribution is -2.09. The highest BCUT2D eigenvalue weighted by atomic mass is 16.8. The second-order valence-electron chi connectivity index (χ2n) is 4.05. The Bertz CT molecular complexity index is 591. The van der Waals surface area contributed by atoms with Crippen molar-refractivity contribution in [3.63, 3.8) is 0 Å². The lowest BCUT2D eigenvalue weighted by molar-refractivity contribution is -0.277. The van der Waals surface area contributed by atoms with E-state index in [9.17, 15) is 0 Å². The Balaban J connectivity index is 2.42. The molecule has 0 amide bonds. The quantitative estimate of drug-likeness (QED) is 0.815. The largest absolute Gasteiger partial charge is 0.497 e. The SMILES string of the molecule is COc1ccc2cc(/C=C(\C)N(O)O)ccc2c1. The fourth-order valence-corrected chi connectivity index (χ4v) is 1.76. The molecule has 0 aliphatic heterocycles. The van der Waals surface area contributed by atoms with Crippen LogP contribution in [0.3, 0.4) is 0 Å². The third-order valence-electron chi connectivity index (χ3n) is 2.76. The maximum atomic E-state index is 8.87. The van der Waals surface area contributed by atoms with E-state index in [1.54, 1.807) is 20.1 Å². The van der Waals surface area contributed by atoms with E-state index in [1.165, 1.54) is 0 Å². The summed E-state index contributed by atoms with van der Waals surface area (Å²) in [5.41, 5.74) is 1.25. The molecule has 0 unspecified atom stereocenters. The fraction of sp³-hybridized carbons (Fsp3) is 0.143. The van der Waals surface area contributed by atoms with E-state index in [0.717, 1.165) is 22.1 Å². The second-order valence-corrected chi connectivity index (χ2v) is 4.05. The topological polar surface area (TPSA) is 52.9 Å². The Labute approximate surface area is 105 Å². The first-order valence-electron chi connectivity index (χ1n) is 5.54. The molecule has 4 nitrogen and oxygen atoms in total. The van der Waals surface area contributed by atoms with Gasteiger partial charge in [-0.3, -0.25) is 10.4 Å². The normalized spacial score (nSPS) is 11.7. The smallest absolute Gasteiger partial charge is 0.119 e. The molecule has 0 bridgehead atoms. The highest BCUT2D eigenvalue weighted by Gasteiger charge is 2.00. The predicted octanol–water partition coefficient (Wildman–Crippen LogP) is 3.29. The Morgan fingerprint density at radius 1 is 1.11 bits per heavy atom. The van der Waals surface area contributed by atoms with Crippen molar-refractivity contribution in [1.29, 1.82) is 0 Å². The Morgan fingerprint density at radius 2 is 1.78 bits per heavy atom. The molecule has 2 aromatic carbocycles. The zero-order valence-corrected chi connectivity index (χ0v) is 10.3. The van der Waals surface area contributed by atoms with E-state index < -0.39 is 0 Å². The molecule has 0 spiro atoms. The minimum Gasteiger partial charge on any atom is -0.497 e. The molecule has 0 atom stereocenters. The number of fused-ring (bicyclic) bond motifs is 1. The van der Waals surface area contributed by atoms with Gasteiger partial charge in [0.15, 0.2) is 0 Å². The maximum absolute atomic E-state index is 8.87. The summed E-state index contributed by atoms with van der Waals surface area (Å²) >= 11 is 0. The molecule has 4 heteroatoms. The zero-order valence-electron chi connectivity index (χ0n) is 10.3. The van der Waals surface area contributed by atoms with E-state index in [2.05, 4.69) is 0 Å². The van der Waals surface area contributed by atoms with Crippen molar-refractivity contribution < 1.29 is 15.2 Å². The molecular weight excluding hydrogens is 230 g/mol. The van der Waals surface area contributed by atoms with Crippen molar-refractivity contribution in [1.82, 2.24) is 5.23 Å². The van der Waals surface area contributed by atoms with Crippen molar-refractivity contribution in [2.75, 3.05) is 7.11 Å². The summed E-state index contributed by atoms with van der Waals surface area (Å²) in [7, 11) is 1.64. The van der Waals surface area contributed by atoms with Gasteiger partial charge in [0, 0.05) is 0 Å². The van der Waals surface area contributed by atoms with Gasteiger partial charge in [0.25, 0.3) is 0 Å². The first-order chi connectivity index (χ1) is 8.60. The van der Waals surface area contributed by atoms with Crippen molar-refractivity contribution in [3.05, 3.63) is 47.7 Å². The van der Waals surface area contributed by atoms with Gasteiger partial charge in [0.2, 0.25) is 0 Å². The van der Waals surface area contributed by atoms with Crippen LogP contribution in [-0.2, 0) is 0 Å². The van der Waals surface area contributed by atoms with E-state index in [0.29, 0.717) is 5.70 Å². The van der Waals surface area contributed by atoms with Gasteiger partial charge in [-0.25, -0.2) is 0 Å². The Kier molecular flexibility index (Phi) is 3.50. The number of rotatable bonds is 3. The summed E-state index contributed by atoms with van der Waals surface area (Å²) in [6, 6.07) is 11.7.